The molecule has 1 N–H and O–H groups in total. The molecule has 5 nitrogen and oxygen atoms in total. The van der Waals surface area contributed by atoms with Crippen LogP contribution in [0.2, 0.25) is 5.02 Å². The van der Waals surface area contributed by atoms with Gasteiger partial charge in [0.25, 0.3) is 0 Å². The van der Waals surface area contributed by atoms with Gasteiger partial charge < -0.3 is 10.2 Å². The third kappa shape index (κ3) is 3.30. The predicted molar refractivity (Wildman–Crippen MR) is 101 cm³/mol. The Labute approximate surface area is 157 Å². The van der Waals surface area contributed by atoms with Crippen LogP contribution in [0.5, 0.6) is 0 Å². The molecule has 2 fully saturated rings. The van der Waals surface area contributed by atoms with Crippen LogP contribution in [-0.4, -0.2) is 46.8 Å². The zero-order valence-corrected chi connectivity index (χ0v) is 15.7. The van der Waals surface area contributed by atoms with Gasteiger partial charge in [-0.1, -0.05) is 17.7 Å². The van der Waals surface area contributed by atoms with Crippen LogP contribution in [-0.2, 0) is 7.05 Å². The highest BCUT2D eigenvalue weighted by Crippen LogP contribution is 2.45. The van der Waals surface area contributed by atoms with Gasteiger partial charge in [0.15, 0.2) is 5.96 Å². The van der Waals surface area contributed by atoms with E-state index in [9.17, 15) is 4.39 Å². The first-order valence-corrected chi connectivity index (χ1v) is 9.35. The Kier molecular flexibility index (Phi) is 4.61. The average molecular weight is 376 g/mol. The molecule has 7 heteroatoms. The number of halogens is 2. The van der Waals surface area contributed by atoms with Crippen molar-refractivity contribution in [2.24, 2.45) is 12.0 Å². The Morgan fingerprint density at radius 2 is 2.27 bits per heavy atom. The van der Waals surface area contributed by atoms with Gasteiger partial charge in [0, 0.05) is 61.8 Å². The van der Waals surface area contributed by atoms with E-state index in [4.69, 9.17) is 11.6 Å². The van der Waals surface area contributed by atoms with E-state index in [1.807, 2.05) is 17.9 Å². The number of hydrogen-bond acceptors (Lipinski definition) is 2. The van der Waals surface area contributed by atoms with Gasteiger partial charge in [0.05, 0.1) is 6.20 Å². The molecule has 4 rings (SSSR count). The van der Waals surface area contributed by atoms with Gasteiger partial charge in [-0.2, -0.15) is 5.10 Å². The molecular weight excluding hydrogens is 353 g/mol. The molecule has 1 aliphatic heterocycles. The molecule has 1 aliphatic carbocycles. The van der Waals surface area contributed by atoms with Gasteiger partial charge in [-0.3, -0.25) is 9.67 Å². The van der Waals surface area contributed by atoms with Crippen LogP contribution in [0.1, 0.15) is 35.8 Å². The molecule has 138 valence electrons. The highest BCUT2D eigenvalue weighted by atomic mass is 35.5. The van der Waals surface area contributed by atoms with Crippen molar-refractivity contribution in [3.05, 3.63) is 52.6 Å². The molecule has 26 heavy (non-hydrogen) atoms. The summed E-state index contributed by atoms with van der Waals surface area (Å²) >= 11 is 6.20. The number of nitrogens with zero attached hydrogens (tertiary/aromatic N) is 4. The van der Waals surface area contributed by atoms with Crippen molar-refractivity contribution < 1.29 is 4.39 Å². The average Bonchev–Trinajstić information content (AvgIpc) is 3.00. The fourth-order valence-electron chi connectivity index (χ4n) is 3.88. The molecular formula is C19H23ClFN5. The van der Waals surface area contributed by atoms with Gasteiger partial charge in [-0.05, 0) is 30.5 Å². The smallest absolute Gasteiger partial charge is 0.193 e. The summed E-state index contributed by atoms with van der Waals surface area (Å²) in [6.45, 7) is 1.88. The normalized spacial score (nSPS) is 25.6. The Balaban J connectivity index is 1.39. The van der Waals surface area contributed by atoms with Gasteiger partial charge in [-0.25, -0.2) is 4.39 Å². The van der Waals surface area contributed by atoms with Crippen LogP contribution in [0.15, 0.2) is 35.6 Å². The monoisotopic (exact) mass is 375 g/mol. The van der Waals surface area contributed by atoms with E-state index in [1.165, 1.54) is 11.6 Å². The summed E-state index contributed by atoms with van der Waals surface area (Å²) in [7, 11) is 3.74. The lowest BCUT2D eigenvalue weighted by Gasteiger charge is -2.22. The number of rotatable bonds is 3. The van der Waals surface area contributed by atoms with E-state index in [0.29, 0.717) is 16.5 Å². The summed E-state index contributed by atoms with van der Waals surface area (Å²) in [5.41, 5.74) is 1.89. The van der Waals surface area contributed by atoms with Crippen LogP contribution in [0.25, 0.3) is 0 Å². The molecule has 0 radical (unpaired) electrons. The lowest BCUT2D eigenvalue weighted by atomic mass is 10.0. The summed E-state index contributed by atoms with van der Waals surface area (Å²) in [4.78, 5) is 6.71. The summed E-state index contributed by atoms with van der Waals surface area (Å²) in [5, 5.41) is 8.27. The summed E-state index contributed by atoms with van der Waals surface area (Å²) in [5.74, 6) is 1.24. The molecule has 1 aromatic heterocycles. The maximum atomic E-state index is 14.1. The standard InChI is InChI=1S/C19H23ClFN5/c1-22-19(26-7-6-12(11-26)13-9-23-25(2)10-13)24-17-8-14(17)18-15(20)4-3-5-16(18)21/h3-5,9-10,12,14,17H,6-8,11H2,1-2H3,(H,22,24). The molecule has 3 atom stereocenters. The van der Waals surface area contributed by atoms with E-state index >= 15 is 0 Å². The fourth-order valence-corrected chi connectivity index (χ4v) is 4.18. The van der Waals surface area contributed by atoms with Gasteiger partial charge in [0.2, 0.25) is 0 Å². The highest BCUT2D eigenvalue weighted by molar-refractivity contribution is 6.31. The Bertz CT molecular complexity index is 813. The number of likely N-dealkylation sites (tertiary alicyclic amines) is 1. The zero-order chi connectivity index (χ0) is 18.3. The number of benzene rings is 1. The molecule has 2 aromatic rings. The SMILES string of the molecule is CN=C(NC1CC1c1c(F)cccc1Cl)N1CCC(c2cnn(C)c2)C1. The Morgan fingerprint density at radius 3 is 2.96 bits per heavy atom. The van der Waals surface area contributed by atoms with Crippen LogP contribution < -0.4 is 5.32 Å². The number of aliphatic imine (C=N–C) groups is 1. The maximum Gasteiger partial charge on any atom is 0.193 e. The van der Waals surface area contributed by atoms with E-state index in [-0.39, 0.29) is 17.8 Å². The van der Waals surface area contributed by atoms with Crippen molar-refractivity contribution in [3.63, 3.8) is 0 Å². The molecule has 2 aliphatic rings. The summed E-state index contributed by atoms with van der Waals surface area (Å²) < 4.78 is 16.0. The number of guanidine groups is 1. The minimum Gasteiger partial charge on any atom is -0.353 e. The van der Waals surface area contributed by atoms with Crippen molar-refractivity contribution in [2.75, 3.05) is 20.1 Å². The number of aromatic nitrogens is 2. The third-order valence-electron chi connectivity index (χ3n) is 5.37. The summed E-state index contributed by atoms with van der Waals surface area (Å²) in [6, 6.07) is 5.06. The number of nitrogens with one attached hydrogen (secondary N) is 1. The highest BCUT2D eigenvalue weighted by Gasteiger charge is 2.42. The second kappa shape index (κ2) is 6.91. The fraction of sp³-hybridized carbons (Fsp3) is 0.474. The Hall–Kier alpha value is -2.08. The second-order valence-electron chi connectivity index (χ2n) is 7.15. The molecule has 1 saturated heterocycles. The third-order valence-corrected chi connectivity index (χ3v) is 5.70. The van der Waals surface area contributed by atoms with E-state index < -0.39 is 0 Å². The Morgan fingerprint density at radius 1 is 1.42 bits per heavy atom. The minimum absolute atomic E-state index is 0.108. The van der Waals surface area contributed by atoms with Crippen molar-refractivity contribution in [2.45, 2.75) is 30.7 Å². The van der Waals surface area contributed by atoms with E-state index in [1.54, 1.807) is 19.2 Å². The first-order valence-electron chi connectivity index (χ1n) is 8.97. The molecule has 0 spiro atoms. The summed E-state index contributed by atoms with van der Waals surface area (Å²) in [6.07, 6.45) is 5.99. The second-order valence-corrected chi connectivity index (χ2v) is 7.56. The molecule has 0 bridgehead atoms. The van der Waals surface area contributed by atoms with E-state index in [0.717, 1.165) is 31.9 Å². The van der Waals surface area contributed by atoms with Crippen LogP contribution >= 0.6 is 11.6 Å². The number of hydrogen-bond donors (Lipinski definition) is 1. The molecule has 0 amide bonds. The van der Waals surface area contributed by atoms with Crippen molar-refractivity contribution >= 4 is 17.6 Å². The van der Waals surface area contributed by atoms with E-state index in [2.05, 4.69) is 26.5 Å². The van der Waals surface area contributed by atoms with Crippen molar-refractivity contribution in [1.82, 2.24) is 20.0 Å². The van der Waals surface area contributed by atoms with Crippen molar-refractivity contribution in [3.8, 4) is 0 Å². The van der Waals surface area contributed by atoms with Gasteiger partial charge >= 0.3 is 0 Å². The quantitative estimate of drug-likeness (QED) is 0.662. The molecule has 1 saturated carbocycles. The van der Waals surface area contributed by atoms with Crippen molar-refractivity contribution in [1.29, 1.82) is 0 Å². The van der Waals surface area contributed by atoms with Crippen LogP contribution in [0.3, 0.4) is 0 Å². The lowest BCUT2D eigenvalue weighted by Crippen LogP contribution is -2.41. The lowest BCUT2D eigenvalue weighted by molar-refractivity contribution is 0.484. The van der Waals surface area contributed by atoms with Gasteiger partial charge in [-0.15, -0.1) is 0 Å². The first-order chi connectivity index (χ1) is 12.6. The van der Waals surface area contributed by atoms with Gasteiger partial charge in [0.1, 0.15) is 5.82 Å². The predicted octanol–water partition coefficient (Wildman–Crippen LogP) is 3.13. The molecule has 3 unspecified atom stereocenters. The largest absolute Gasteiger partial charge is 0.353 e. The maximum absolute atomic E-state index is 14.1. The first kappa shape index (κ1) is 17.3. The zero-order valence-electron chi connectivity index (χ0n) is 15.0. The van der Waals surface area contributed by atoms with Crippen LogP contribution in [0, 0.1) is 5.82 Å². The molecule has 1 aromatic carbocycles. The minimum atomic E-state index is -0.223. The topological polar surface area (TPSA) is 45.5 Å². The molecule has 2 heterocycles. The van der Waals surface area contributed by atoms with Crippen LogP contribution in [0.4, 0.5) is 4.39 Å². The number of aryl methyl sites for hydroxylation is 1.